The van der Waals surface area contributed by atoms with E-state index in [4.69, 9.17) is 0 Å². The van der Waals surface area contributed by atoms with Gasteiger partial charge < -0.3 is 10.2 Å². The Morgan fingerprint density at radius 3 is 2.65 bits per heavy atom. The van der Waals surface area contributed by atoms with Crippen LogP contribution in [0.25, 0.3) is 0 Å². The number of nitrogens with zero attached hydrogens (tertiary/aromatic N) is 1. The second-order valence-electron chi connectivity index (χ2n) is 6.16. The quantitative estimate of drug-likeness (QED) is 0.848. The monoisotopic (exact) mass is 357 g/mol. The summed E-state index contributed by atoms with van der Waals surface area (Å²) in [4.78, 5) is 14.3. The molecule has 1 aromatic rings. The van der Waals surface area contributed by atoms with Crippen molar-refractivity contribution in [1.29, 1.82) is 0 Å². The van der Waals surface area contributed by atoms with Crippen LogP contribution in [0.1, 0.15) is 32.1 Å². The Kier molecular flexibility index (Phi) is 5.35. The highest BCUT2D eigenvalue weighted by Gasteiger charge is 2.30. The Bertz CT molecular complexity index is 616. The van der Waals surface area contributed by atoms with E-state index in [1.165, 1.54) is 11.3 Å². The van der Waals surface area contributed by atoms with Crippen LogP contribution in [0, 0.1) is 0 Å². The number of carbonyl (C=O) groups excluding carboxylic acids is 1. The lowest BCUT2D eigenvalue weighted by molar-refractivity contribution is -0.135. The minimum Gasteiger partial charge on any atom is -0.341 e. The first-order valence-electron chi connectivity index (χ1n) is 8.14. The summed E-state index contributed by atoms with van der Waals surface area (Å²) in [7, 11) is -3.42. The molecule has 2 N–H and O–H groups in total. The Hall–Kier alpha value is -0.960. The van der Waals surface area contributed by atoms with Gasteiger partial charge >= 0.3 is 0 Å². The minimum atomic E-state index is -3.42. The van der Waals surface area contributed by atoms with E-state index in [9.17, 15) is 13.2 Å². The number of hydrogen-bond donors (Lipinski definition) is 2. The van der Waals surface area contributed by atoms with Crippen molar-refractivity contribution in [3.63, 3.8) is 0 Å². The molecule has 0 aromatic carbocycles. The molecule has 8 heteroatoms. The fourth-order valence-corrected chi connectivity index (χ4v) is 5.51. The van der Waals surface area contributed by atoms with Crippen LogP contribution in [0.4, 0.5) is 0 Å². The third kappa shape index (κ3) is 4.12. The molecule has 2 aliphatic rings. The largest absolute Gasteiger partial charge is 0.341 e. The number of nitrogens with one attached hydrogen (secondary N) is 2. The summed E-state index contributed by atoms with van der Waals surface area (Å²) < 4.78 is 27.6. The molecule has 2 saturated heterocycles. The SMILES string of the molecule is O=C(C1CCCCN1)N1CCC(NS(=O)(=O)c2cccs2)CC1. The van der Waals surface area contributed by atoms with Crippen molar-refractivity contribution >= 4 is 27.3 Å². The van der Waals surface area contributed by atoms with Crippen LogP contribution >= 0.6 is 11.3 Å². The van der Waals surface area contributed by atoms with Crippen molar-refractivity contribution in [3.8, 4) is 0 Å². The van der Waals surface area contributed by atoms with Crippen LogP contribution in [-0.4, -0.2) is 50.9 Å². The third-order valence-corrected chi connectivity index (χ3v) is 7.41. The summed E-state index contributed by atoms with van der Waals surface area (Å²) in [5, 5.41) is 5.04. The summed E-state index contributed by atoms with van der Waals surface area (Å²) in [5.74, 6) is 0.171. The number of carbonyl (C=O) groups is 1. The summed E-state index contributed by atoms with van der Waals surface area (Å²) in [5.41, 5.74) is 0. The number of likely N-dealkylation sites (tertiary alicyclic amines) is 1. The second-order valence-corrected chi connectivity index (χ2v) is 9.04. The molecule has 0 aliphatic carbocycles. The van der Waals surface area contributed by atoms with Gasteiger partial charge in [0.25, 0.3) is 0 Å². The van der Waals surface area contributed by atoms with E-state index in [1.54, 1.807) is 17.5 Å². The summed E-state index contributed by atoms with van der Waals surface area (Å²) in [6, 6.07) is 3.20. The van der Waals surface area contributed by atoms with Crippen LogP contribution in [-0.2, 0) is 14.8 Å². The molecule has 2 aliphatic heterocycles. The first-order valence-corrected chi connectivity index (χ1v) is 10.5. The predicted molar refractivity (Wildman–Crippen MR) is 89.9 cm³/mol. The van der Waals surface area contributed by atoms with Crippen molar-refractivity contribution in [2.45, 2.75) is 48.4 Å². The maximum Gasteiger partial charge on any atom is 0.250 e. The Labute approximate surface area is 141 Å². The highest BCUT2D eigenvalue weighted by molar-refractivity contribution is 7.91. The van der Waals surface area contributed by atoms with Crippen molar-refractivity contribution in [2.24, 2.45) is 0 Å². The lowest BCUT2D eigenvalue weighted by Gasteiger charge is -2.35. The van der Waals surface area contributed by atoms with Crippen LogP contribution in [0.3, 0.4) is 0 Å². The molecular formula is C15H23N3O3S2. The van der Waals surface area contributed by atoms with E-state index < -0.39 is 10.0 Å². The van der Waals surface area contributed by atoms with Crippen LogP contribution < -0.4 is 10.0 Å². The van der Waals surface area contributed by atoms with Gasteiger partial charge in [-0.3, -0.25) is 4.79 Å². The van der Waals surface area contributed by atoms with Crippen LogP contribution in [0.5, 0.6) is 0 Å². The van der Waals surface area contributed by atoms with Gasteiger partial charge in [-0.05, 0) is 43.7 Å². The average Bonchev–Trinajstić information content (AvgIpc) is 3.11. The van der Waals surface area contributed by atoms with E-state index in [0.717, 1.165) is 25.8 Å². The van der Waals surface area contributed by atoms with E-state index in [-0.39, 0.29) is 18.0 Å². The number of hydrogen-bond acceptors (Lipinski definition) is 5. The molecule has 0 saturated carbocycles. The molecule has 128 valence electrons. The molecule has 0 radical (unpaired) electrons. The standard InChI is InChI=1S/C15H23N3O3S2/c19-15(13-4-1-2-8-16-13)18-9-6-12(7-10-18)17-23(20,21)14-5-3-11-22-14/h3,5,11-13,16-17H,1-2,4,6-10H2. The first kappa shape index (κ1) is 16.9. The lowest BCUT2D eigenvalue weighted by Crippen LogP contribution is -2.53. The van der Waals surface area contributed by atoms with Gasteiger partial charge in [0.2, 0.25) is 15.9 Å². The smallest absolute Gasteiger partial charge is 0.250 e. The fraction of sp³-hybridized carbons (Fsp3) is 0.667. The molecule has 1 atom stereocenters. The van der Waals surface area contributed by atoms with E-state index in [2.05, 4.69) is 10.0 Å². The van der Waals surface area contributed by atoms with Crippen LogP contribution in [0.15, 0.2) is 21.7 Å². The van der Waals surface area contributed by atoms with Crippen molar-refractivity contribution in [1.82, 2.24) is 14.9 Å². The molecule has 3 rings (SSSR count). The highest BCUT2D eigenvalue weighted by Crippen LogP contribution is 2.20. The molecule has 1 unspecified atom stereocenters. The molecule has 2 fully saturated rings. The molecule has 23 heavy (non-hydrogen) atoms. The van der Waals surface area contributed by atoms with E-state index in [1.807, 2.05) is 4.90 Å². The Balaban J connectivity index is 1.51. The minimum absolute atomic E-state index is 0.0527. The summed E-state index contributed by atoms with van der Waals surface area (Å²) in [6.45, 7) is 2.15. The molecule has 0 spiro atoms. The highest BCUT2D eigenvalue weighted by atomic mass is 32.2. The first-order chi connectivity index (χ1) is 11.1. The fourth-order valence-electron chi connectivity index (χ4n) is 3.19. The van der Waals surface area contributed by atoms with Crippen molar-refractivity contribution in [3.05, 3.63) is 17.5 Å². The maximum absolute atomic E-state index is 12.5. The van der Waals surface area contributed by atoms with Crippen molar-refractivity contribution < 1.29 is 13.2 Å². The summed E-state index contributed by atoms with van der Waals surface area (Å²) in [6.07, 6.45) is 4.48. The zero-order chi connectivity index (χ0) is 16.3. The van der Waals surface area contributed by atoms with Gasteiger partial charge in [-0.15, -0.1) is 11.3 Å². The van der Waals surface area contributed by atoms with Gasteiger partial charge in [0.1, 0.15) is 4.21 Å². The maximum atomic E-state index is 12.5. The number of thiophene rings is 1. The number of sulfonamides is 1. The van der Waals surface area contributed by atoms with E-state index in [0.29, 0.717) is 30.1 Å². The molecule has 6 nitrogen and oxygen atoms in total. The topological polar surface area (TPSA) is 78.5 Å². The van der Waals surface area contributed by atoms with Gasteiger partial charge in [0, 0.05) is 19.1 Å². The molecule has 1 aromatic heterocycles. The Morgan fingerprint density at radius 1 is 1.26 bits per heavy atom. The van der Waals surface area contributed by atoms with Gasteiger partial charge in [-0.2, -0.15) is 0 Å². The second kappa shape index (κ2) is 7.29. The van der Waals surface area contributed by atoms with Gasteiger partial charge in [0.15, 0.2) is 0 Å². The van der Waals surface area contributed by atoms with Crippen molar-refractivity contribution in [2.75, 3.05) is 19.6 Å². The van der Waals surface area contributed by atoms with E-state index >= 15 is 0 Å². The Morgan fingerprint density at radius 2 is 2.04 bits per heavy atom. The zero-order valence-corrected chi connectivity index (χ0v) is 14.7. The third-order valence-electron chi connectivity index (χ3n) is 4.50. The predicted octanol–water partition coefficient (Wildman–Crippen LogP) is 1.16. The molecule has 0 bridgehead atoms. The molecule has 3 heterocycles. The van der Waals surface area contributed by atoms with Gasteiger partial charge in [-0.25, -0.2) is 13.1 Å². The summed E-state index contributed by atoms with van der Waals surface area (Å²) >= 11 is 1.22. The number of amides is 1. The molecular weight excluding hydrogens is 334 g/mol. The average molecular weight is 358 g/mol. The van der Waals surface area contributed by atoms with Gasteiger partial charge in [-0.1, -0.05) is 12.5 Å². The zero-order valence-electron chi connectivity index (χ0n) is 13.0. The number of rotatable bonds is 4. The normalized spacial score (nSPS) is 23.8. The molecule has 1 amide bonds. The number of piperidine rings is 2. The van der Waals surface area contributed by atoms with Gasteiger partial charge in [0.05, 0.1) is 6.04 Å². The van der Waals surface area contributed by atoms with Crippen LogP contribution in [0.2, 0.25) is 0 Å². The lowest BCUT2D eigenvalue weighted by atomic mass is 10.0.